The van der Waals surface area contributed by atoms with Crippen molar-refractivity contribution in [3.05, 3.63) is 40.8 Å². The van der Waals surface area contributed by atoms with Gasteiger partial charge in [0.1, 0.15) is 10.4 Å². The van der Waals surface area contributed by atoms with Gasteiger partial charge in [-0.15, -0.1) is 0 Å². The van der Waals surface area contributed by atoms with Crippen molar-refractivity contribution in [1.82, 2.24) is 15.0 Å². The van der Waals surface area contributed by atoms with Crippen LogP contribution in [0.1, 0.15) is 5.56 Å². The van der Waals surface area contributed by atoms with Crippen LogP contribution in [0.2, 0.25) is 0 Å². The molecule has 0 fully saturated rings. The van der Waals surface area contributed by atoms with E-state index in [1.165, 1.54) is 0 Å². The van der Waals surface area contributed by atoms with E-state index in [-0.39, 0.29) is 0 Å². The molecule has 2 heterocycles. The van der Waals surface area contributed by atoms with Crippen LogP contribution < -0.4 is 10.6 Å². The van der Waals surface area contributed by atoms with Gasteiger partial charge in [-0.25, -0.2) is 4.98 Å². The maximum absolute atomic E-state index is 5.67. The highest BCUT2D eigenvalue weighted by atomic mass is 79.9. The quantitative estimate of drug-likeness (QED) is 0.875. The van der Waals surface area contributed by atoms with Crippen LogP contribution in [0, 0.1) is 0 Å². The first-order chi connectivity index (χ1) is 8.15. The van der Waals surface area contributed by atoms with E-state index in [1.807, 2.05) is 30.3 Å². The number of aromatic nitrogens is 3. The molecule has 0 saturated heterocycles. The molecular formula is C11H12BrN5. The first kappa shape index (κ1) is 11.8. The van der Waals surface area contributed by atoms with Gasteiger partial charge in [-0.3, -0.25) is 4.98 Å². The highest BCUT2D eigenvalue weighted by Gasteiger charge is 2.07. The maximum atomic E-state index is 5.67. The molecule has 0 aliphatic heterocycles. The van der Waals surface area contributed by atoms with Gasteiger partial charge < -0.3 is 10.6 Å². The monoisotopic (exact) mass is 293 g/mol. The van der Waals surface area contributed by atoms with Gasteiger partial charge in [0, 0.05) is 32.1 Å². The van der Waals surface area contributed by atoms with Gasteiger partial charge in [-0.1, -0.05) is 6.07 Å². The zero-order chi connectivity index (χ0) is 12.3. The minimum Gasteiger partial charge on any atom is -0.383 e. The van der Waals surface area contributed by atoms with E-state index in [4.69, 9.17) is 5.73 Å². The zero-order valence-electron chi connectivity index (χ0n) is 9.34. The van der Waals surface area contributed by atoms with Crippen molar-refractivity contribution in [3.8, 4) is 0 Å². The summed E-state index contributed by atoms with van der Waals surface area (Å²) < 4.78 is 0.679. The zero-order valence-corrected chi connectivity index (χ0v) is 10.9. The van der Waals surface area contributed by atoms with E-state index < -0.39 is 0 Å². The fraction of sp³-hybridized carbons (Fsp3) is 0.182. The second-order valence-electron chi connectivity index (χ2n) is 3.63. The van der Waals surface area contributed by atoms with E-state index in [2.05, 4.69) is 30.9 Å². The molecule has 0 aliphatic carbocycles. The lowest BCUT2D eigenvalue weighted by Crippen LogP contribution is -2.19. The number of pyridine rings is 1. The Balaban J connectivity index is 2.17. The molecule has 0 amide bonds. The van der Waals surface area contributed by atoms with Gasteiger partial charge in [0.2, 0.25) is 5.95 Å². The normalized spacial score (nSPS) is 10.2. The highest BCUT2D eigenvalue weighted by Crippen LogP contribution is 2.16. The van der Waals surface area contributed by atoms with Crippen molar-refractivity contribution < 1.29 is 0 Å². The van der Waals surface area contributed by atoms with Crippen LogP contribution in [0.3, 0.4) is 0 Å². The Morgan fingerprint density at radius 2 is 2.24 bits per heavy atom. The van der Waals surface area contributed by atoms with E-state index in [9.17, 15) is 0 Å². The van der Waals surface area contributed by atoms with E-state index in [0.717, 1.165) is 5.56 Å². The van der Waals surface area contributed by atoms with E-state index in [0.29, 0.717) is 22.9 Å². The highest BCUT2D eigenvalue weighted by molar-refractivity contribution is 9.10. The number of halogens is 1. The van der Waals surface area contributed by atoms with Crippen molar-refractivity contribution in [2.75, 3.05) is 17.7 Å². The molecule has 0 aromatic carbocycles. The number of hydrogen-bond donors (Lipinski definition) is 1. The standard InChI is InChI=1S/C11H12BrN5/c1-17(7-8-3-2-4-14-6-8)11-15-9(12)5-10(13)16-11/h2-6H,7H2,1H3,(H2,13,15,16). The minimum absolute atomic E-state index is 0.444. The third-order valence-corrected chi connectivity index (χ3v) is 2.59. The fourth-order valence-corrected chi connectivity index (χ4v) is 1.82. The summed E-state index contributed by atoms with van der Waals surface area (Å²) in [5.74, 6) is 1.03. The predicted molar refractivity (Wildman–Crippen MR) is 70.5 cm³/mol. The third-order valence-electron chi connectivity index (χ3n) is 2.19. The van der Waals surface area contributed by atoms with Gasteiger partial charge in [0.25, 0.3) is 0 Å². The van der Waals surface area contributed by atoms with Gasteiger partial charge in [-0.05, 0) is 27.6 Å². The van der Waals surface area contributed by atoms with E-state index in [1.54, 1.807) is 12.3 Å². The van der Waals surface area contributed by atoms with Crippen LogP contribution >= 0.6 is 15.9 Å². The molecule has 0 saturated carbocycles. The third kappa shape index (κ3) is 3.13. The average Bonchev–Trinajstić information content (AvgIpc) is 2.29. The smallest absolute Gasteiger partial charge is 0.228 e. The Hall–Kier alpha value is -1.69. The summed E-state index contributed by atoms with van der Waals surface area (Å²) in [5.41, 5.74) is 6.77. The molecule has 0 radical (unpaired) electrons. The molecule has 0 unspecified atom stereocenters. The molecule has 0 spiro atoms. The van der Waals surface area contributed by atoms with Crippen molar-refractivity contribution in [1.29, 1.82) is 0 Å². The van der Waals surface area contributed by atoms with Crippen molar-refractivity contribution >= 4 is 27.7 Å². The summed E-state index contributed by atoms with van der Waals surface area (Å²) in [4.78, 5) is 14.4. The first-order valence-electron chi connectivity index (χ1n) is 5.05. The SMILES string of the molecule is CN(Cc1cccnc1)c1nc(N)cc(Br)n1. The Bertz CT molecular complexity index is 482. The second-order valence-corrected chi connectivity index (χ2v) is 4.45. The number of nitrogens with zero attached hydrogens (tertiary/aromatic N) is 4. The molecule has 2 aromatic heterocycles. The molecule has 0 bridgehead atoms. The molecule has 0 aliphatic rings. The van der Waals surface area contributed by atoms with E-state index >= 15 is 0 Å². The molecular weight excluding hydrogens is 282 g/mol. The van der Waals surface area contributed by atoms with Crippen LogP contribution in [0.5, 0.6) is 0 Å². The largest absolute Gasteiger partial charge is 0.383 e. The van der Waals surface area contributed by atoms with Crippen LogP contribution in [0.25, 0.3) is 0 Å². The molecule has 5 nitrogen and oxygen atoms in total. The topological polar surface area (TPSA) is 67.9 Å². The lowest BCUT2D eigenvalue weighted by atomic mass is 10.3. The fourth-order valence-electron chi connectivity index (χ4n) is 1.43. The Morgan fingerprint density at radius 1 is 1.41 bits per heavy atom. The Morgan fingerprint density at radius 3 is 2.88 bits per heavy atom. The molecule has 2 rings (SSSR count). The minimum atomic E-state index is 0.444. The molecule has 2 N–H and O–H groups in total. The lowest BCUT2D eigenvalue weighted by molar-refractivity contribution is 0.860. The number of nitrogen functional groups attached to an aromatic ring is 1. The van der Waals surface area contributed by atoms with Crippen molar-refractivity contribution in [2.24, 2.45) is 0 Å². The van der Waals surface area contributed by atoms with Crippen LogP contribution in [0.15, 0.2) is 35.2 Å². The number of anilines is 2. The van der Waals surface area contributed by atoms with Gasteiger partial charge in [-0.2, -0.15) is 4.98 Å². The molecule has 17 heavy (non-hydrogen) atoms. The summed E-state index contributed by atoms with van der Waals surface area (Å²) >= 11 is 3.30. The predicted octanol–water partition coefficient (Wildman–Crippen LogP) is 1.85. The first-order valence-corrected chi connectivity index (χ1v) is 5.84. The summed E-state index contributed by atoms with van der Waals surface area (Å²) in [6.45, 7) is 0.684. The lowest BCUT2D eigenvalue weighted by Gasteiger charge is -2.17. The van der Waals surface area contributed by atoms with Crippen molar-refractivity contribution in [3.63, 3.8) is 0 Å². The Kier molecular flexibility index (Phi) is 3.53. The van der Waals surface area contributed by atoms with Crippen LogP contribution in [0.4, 0.5) is 11.8 Å². The summed E-state index contributed by atoms with van der Waals surface area (Å²) in [5, 5.41) is 0. The molecule has 6 heteroatoms. The number of nitrogens with two attached hydrogens (primary N) is 1. The number of rotatable bonds is 3. The van der Waals surface area contributed by atoms with Crippen molar-refractivity contribution in [2.45, 2.75) is 6.54 Å². The maximum Gasteiger partial charge on any atom is 0.228 e. The van der Waals surface area contributed by atoms with Crippen LogP contribution in [-0.2, 0) is 6.54 Å². The van der Waals surface area contributed by atoms with Crippen LogP contribution in [-0.4, -0.2) is 22.0 Å². The summed E-state index contributed by atoms with van der Waals surface area (Å²) in [6.07, 6.45) is 3.56. The molecule has 2 aromatic rings. The summed E-state index contributed by atoms with van der Waals surface area (Å²) in [6, 6.07) is 5.57. The molecule has 88 valence electrons. The molecule has 0 atom stereocenters. The van der Waals surface area contributed by atoms with Gasteiger partial charge in [0.15, 0.2) is 0 Å². The number of hydrogen-bond acceptors (Lipinski definition) is 5. The second kappa shape index (κ2) is 5.09. The average molecular weight is 294 g/mol. The summed E-state index contributed by atoms with van der Waals surface area (Å²) in [7, 11) is 1.91. The van der Waals surface area contributed by atoms with Gasteiger partial charge in [0.05, 0.1) is 0 Å². The van der Waals surface area contributed by atoms with Gasteiger partial charge >= 0.3 is 0 Å². The Labute approximate surface area is 108 Å².